The van der Waals surface area contributed by atoms with Crippen molar-refractivity contribution in [3.05, 3.63) is 29.3 Å². The van der Waals surface area contributed by atoms with E-state index in [4.69, 9.17) is 9.84 Å². The summed E-state index contributed by atoms with van der Waals surface area (Å²) in [7, 11) is 0. The average molecular weight is 221 g/mol. The number of aliphatic carboxylic acids is 1. The number of hydrogen-bond donors (Lipinski definition) is 1. The zero-order valence-corrected chi connectivity index (χ0v) is 8.77. The molecule has 84 valence electrons. The third-order valence-corrected chi connectivity index (χ3v) is 2.53. The highest BCUT2D eigenvalue weighted by atomic mass is 16.6. The molecule has 0 fully saturated rings. The Labute approximate surface area is 92.2 Å². The van der Waals surface area contributed by atoms with Crippen molar-refractivity contribution in [2.45, 2.75) is 13.5 Å². The summed E-state index contributed by atoms with van der Waals surface area (Å²) in [5.74, 6) is -1.06. The zero-order valence-electron chi connectivity index (χ0n) is 8.77. The maximum absolute atomic E-state index is 11.4. The summed E-state index contributed by atoms with van der Waals surface area (Å²) < 4.78 is 4.92. The number of aryl methyl sites for hydroxylation is 1. The van der Waals surface area contributed by atoms with Gasteiger partial charge in [-0.2, -0.15) is 0 Å². The Bertz CT molecular complexity index is 455. The van der Waals surface area contributed by atoms with E-state index >= 15 is 0 Å². The Morgan fingerprint density at radius 2 is 2.31 bits per heavy atom. The summed E-state index contributed by atoms with van der Waals surface area (Å²) in [4.78, 5) is 23.2. The Morgan fingerprint density at radius 3 is 3.00 bits per heavy atom. The second-order valence-corrected chi connectivity index (χ2v) is 3.61. The minimum absolute atomic E-state index is 0.205. The van der Waals surface area contributed by atoms with E-state index in [9.17, 15) is 9.59 Å². The fourth-order valence-electron chi connectivity index (χ4n) is 1.72. The van der Waals surface area contributed by atoms with E-state index in [1.165, 1.54) is 0 Å². The Morgan fingerprint density at radius 1 is 1.56 bits per heavy atom. The molecule has 1 N–H and O–H groups in total. The van der Waals surface area contributed by atoms with Crippen molar-refractivity contribution in [2.24, 2.45) is 0 Å². The van der Waals surface area contributed by atoms with Crippen LogP contribution in [0.25, 0.3) is 0 Å². The van der Waals surface area contributed by atoms with Gasteiger partial charge in [0.1, 0.15) is 13.2 Å². The van der Waals surface area contributed by atoms with Gasteiger partial charge in [0.2, 0.25) is 0 Å². The smallest absolute Gasteiger partial charge is 0.415 e. The van der Waals surface area contributed by atoms with Crippen LogP contribution in [0, 0.1) is 6.92 Å². The van der Waals surface area contributed by atoms with Gasteiger partial charge in [0.05, 0.1) is 5.69 Å². The summed E-state index contributed by atoms with van der Waals surface area (Å²) in [6.45, 7) is 1.73. The van der Waals surface area contributed by atoms with Crippen LogP contribution in [0.2, 0.25) is 0 Å². The molecule has 0 radical (unpaired) electrons. The number of nitrogens with zero attached hydrogens (tertiary/aromatic N) is 1. The number of rotatable bonds is 2. The van der Waals surface area contributed by atoms with Crippen LogP contribution in [-0.2, 0) is 16.1 Å². The maximum Gasteiger partial charge on any atom is 0.415 e. The van der Waals surface area contributed by atoms with Gasteiger partial charge in [0.25, 0.3) is 0 Å². The zero-order chi connectivity index (χ0) is 11.7. The minimum atomic E-state index is -1.06. The quantitative estimate of drug-likeness (QED) is 0.822. The van der Waals surface area contributed by atoms with Crippen molar-refractivity contribution in [1.29, 1.82) is 0 Å². The predicted molar refractivity (Wildman–Crippen MR) is 56.3 cm³/mol. The number of fused-ring (bicyclic) bond motifs is 1. The molecule has 1 aliphatic rings. The SMILES string of the molecule is Cc1cccc2c1COC(=O)N2CC(=O)O. The topological polar surface area (TPSA) is 66.8 Å². The van der Waals surface area contributed by atoms with Gasteiger partial charge in [-0.25, -0.2) is 4.79 Å². The fourth-order valence-corrected chi connectivity index (χ4v) is 1.72. The monoisotopic (exact) mass is 221 g/mol. The molecule has 0 saturated carbocycles. The third kappa shape index (κ3) is 1.71. The van der Waals surface area contributed by atoms with Crippen LogP contribution < -0.4 is 4.90 Å². The number of carbonyl (C=O) groups is 2. The first-order valence-electron chi connectivity index (χ1n) is 4.84. The van der Waals surface area contributed by atoms with Crippen LogP contribution in [0.1, 0.15) is 11.1 Å². The number of cyclic esters (lactones) is 1. The summed E-state index contributed by atoms with van der Waals surface area (Å²) in [6.07, 6.45) is -0.611. The number of ether oxygens (including phenoxy) is 1. The van der Waals surface area contributed by atoms with Gasteiger partial charge in [-0.1, -0.05) is 12.1 Å². The van der Waals surface area contributed by atoms with Gasteiger partial charge in [0, 0.05) is 5.56 Å². The third-order valence-electron chi connectivity index (χ3n) is 2.53. The van der Waals surface area contributed by atoms with E-state index in [-0.39, 0.29) is 13.2 Å². The molecule has 1 aliphatic heterocycles. The number of hydrogen-bond acceptors (Lipinski definition) is 3. The molecule has 0 atom stereocenters. The van der Waals surface area contributed by atoms with E-state index in [1.807, 2.05) is 13.0 Å². The molecule has 1 heterocycles. The predicted octanol–water partition coefficient (Wildman–Crippen LogP) is 1.54. The van der Waals surface area contributed by atoms with Gasteiger partial charge in [-0.15, -0.1) is 0 Å². The lowest BCUT2D eigenvalue weighted by atomic mass is 10.1. The molecule has 1 aromatic rings. The van der Waals surface area contributed by atoms with E-state index in [0.717, 1.165) is 16.0 Å². The minimum Gasteiger partial charge on any atom is -0.480 e. The molecule has 5 nitrogen and oxygen atoms in total. The highest BCUT2D eigenvalue weighted by molar-refractivity contribution is 5.95. The first kappa shape index (κ1) is 10.5. The molecule has 0 spiro atoms. The molecule has 0 aliphatic carbocycles. The molecule has 0 aromatic heterocycles. The Hall–Kier alpha value is -2.04. The average Bonchev–Trinajstić information content (AvgIpc) is 2.22. The summed E-state index contributed by atoms with van der Waals surface area (Å²) >= 11 is 0. The number of amides is 1. The largest absolute Gasteiger partial charge is 0.480 e. The molecule has 1 aromatic carbocycles. The van der Waals surface area contributed by atoms with Gasteiger partial charge < -0.3 is 9.84 Å². The molecule has 5 heteroatoms. The van der Waals surface area contributed by atoms with Crippen molar-refractivity contribution in [2.75, 3.05) is 11.4 Å². The van der Waals surface area contributed by atoms with Crippen LogP contribution >= 0.6 is 0 Å². The molecule has 0 unspecified atom stereocenters. The van der Waals surface area contributed by atoms with E-state index in [0.29, 0.717) is 5.69 Å². The second kappa shape index (κ2) is 3.84. The number of carboxylic acids is 1. The maximum atomic E-state index is 11.4. The summed E-state index contributed by atoms with van der Waals surface area (Å²) in [5.41, 5.74) is 2.47. The Kier molecular flexibility index (Phi) is 2.52. The van der Waals surface area contributed by atoms with Crippen molar-refractivity contribution in [3.63, 3.8) is 0 Å². The second-order valence-electron chi connectivity index (χ2n) is 3.61. The number of carboxylic acid groups (broad SMARTS) is 1. The van der Waals surface area contributed by atoms with Crippen LogP contribution in [0.5, 0.6) is 0 Å². The molecule has 0 saturated heterocycles. The summed E-state index contributed by atoms with van der Waals surface area (Å²) in [5, 5.41) is 8.73. The standard InChI is InChI=1S/C11H11NO4/c1-7-3-2-4-9-8(7)6-16-11(15)12(9)5-10(13)14/h2-4H,5-6H2,1H3,(H,13,14). The number of carbonyl (C=O) groups excluding carboxylic acids is 1. The molecule has 1 amide bonds. The highest BCUT2D eigenvalue weighted by Gasteiger charge is 2.27. The molecular weight excluding hydrogens is 210 g/mol. The van der Waals surface area contributed by atoms with Gasteiger partial charge in [0.15, 0.2) is 0 Å². The van der Waals surface area contributed by atoms with Crippen molar-refractivity contribution < 1.29 is 19.4 Å². The molecular formula is C11H11NO4. The Balaban J connectivity index is 2.44. The number of benzene rings is 1. The lowest BCUT2D eigenvalue weighted by Crippen LogP contribution is -2.39. The van der Waals surface area contributed by atoms with Gasteiger partial charge >= 0.3 is 12.1 Å². The van der Waals surface area contributed by atoms with Gasteiger partial charge in [-0.3, -0.25) is 9.69 Å². The molecule has 0 bridgehead atoms. The lowest BCUT2D eigenvalue weighted by molar-refractivity contribution is -0.135. The van der Waals surface area contributed by atoms with Crippen molar-refractivity contribution in [3.8, 4) is 0 Å². The summed E-state index contributed by atoms with van der Waals surface area (Å²) in [6, 6.07) is 5.42. The molecule has 16 heavy (non-hydrogen) atoms. The fraction of sp³-hybridized carbons (Fsp3) is 0.273. The molecule has 2 rings (SSSR count). The van der Waals surface area contributed by atoms with Crippen LogP contribution in [-0.4, -0.2) is 23.7 Å². The van der Waals surface area contributed by atoms with Gasteiger partial charge in [-0.05, 0) is 18.6 Å². The van der Waals surface area contributed by atoms with E-state index in [2.05, 4.69) is 0 Å². The number of anilines is 1. The van der Waals surface area contributed by atoms with Crippen LogP contribution in [0.15, 0.2) is 18.2 Å². The first-order valence-corrected chi connectivity index (χ1v) is 4.84. The van der Waals surface area contributed by atoms with Crippen molar-refractivity contribution >= 4 is 17.7 Å². The van der Waals surface area contributed by atoms with Crippen LogP contribution in [0.4, 0.5) is 10.5 Å². The van der Waals surface area contributed by atoms with E-state index in [1.54, 1.807) is 12.1 Å². The first-order chi connectivity index (χ1) is 7.59. The normalized spacial score (nSPS) is 14.3. The van der Waals surface area contributed by atoms with E-state index < -0.39 is 12.1 Å². The highest BCUT2D eigenvalue weighted by Crippen LogP contribution is 2.29. The van der Waals surface area contributed by atoms with Crippen LogP contribution in [0.3, 0.4) is 0 Å². The lowest BCUT2D eigenvalue weighted by Gasteiger charge is -2.28. The van der Waals surface area contributed by atoms with Crippen molar-refractivity contribution in [1.82, 2.24) is 0 Å².